The van der Waals surface area contributed by atoms with Crippen LogP contribution in [0.5, 0.6) is 0 Å². The summed E-state index contributed by atoms with van der Waals surface area (Å²) in [5.41, 5.74) is 0.463. The molecule has 162 valence electrons. The highest BCUT2D eigenvalue weighted by Gasteiger charge is 2.18. The van der Waals surface area contributed by atoms with Gasteiger partial charge in [-0.3, -0.25) is 14.5 Å². The molecule has 1 atom stereocenters. The maximum Gasteiger partial charge on any atom is 0.286 e. The second kappa shape index (κ2) is 11.1. The lowest BCUT2D eigenvalue weighted by Crippen LogP contribution is -2.43. The van der Waals surface area contributed by atoms with Crippen molar-refractivity contribution in [2.45, 2.75) is 38.8 Å². The van der Waals surface area contributed by atoms with Crippen LogP contribution in [-0.2, 0) is 16.1 Å². The summed E-state index contributed by atoms with van der Waals surface area (Å²) >= 11 is 1.08. The van der Waals surface area contributed by atoms with Gasteiger partial charge in [0.1, 0.15) is 24.0 Å². The van der Waals surface area contributed by atoms with E-state index in [1.165, 1.54) is 43.5 Å². The van der Waals surface area contributed by atoms with E-state index in [-0.39, 0.29) is 29.9 Å². The van der Waals surface area contributed by atoms with E-state index in [9.17, 15) is 14.0 Å². The van der Waals surface area contributed by atoms with Crippen molar-refractivity contribution >= 4 is 28.8 Å². The average Bonchev–Trinajstić information content (AvgIpc) is 3.20. The number of hydrogen-bond donors (Lipinski definition) is 2. The molecule has 30 heavy (non-hydrogen) atoms. The third-order valence-electron chi connectivity index (χ3n) is 4.88. The van der Waals surface area contributed by atoms with Crippen LogP contribution in [0.1, 0.15) is 41.0 Å². The first-order valence-corrected chi connectivity index (χ1v) is 10.8. The Kier molecular flexibility index (Phi) is 8.23. The van der Waals surface area contributed by atoms with Crippen molar-refractivity contribution in [1.29, 1.82) is 0 Å². The van der Waals surface area contributed by atoms with Crippen LogP contribution < -0.4 is 10.6 Å². The van der Waals surface area contributed by atoms with Crippen molar-refractivity contribution < 1.29 is 18.7 Å². The number of piperidine rings is 1. The molecule has 10 heteroatoms. The molecule has 1 saturated heterocycles. The van der Waals surface area contributed by atoms with Crippen LogP contribution in [0, 0.1) is 5.82 Å². The average molecular weight is 436 g/mol. The molecule has 1 aliphatic heterocycles. The number of halogens is 1. The summed E-state index contributed by atoms with van der Waals surface area (Å²) in [5, 5.41) is 13.9. The first kappa shape index (κ1) is 22.3. The largest absolute Gasteiger partial charge is 0.364 e. The van der Waals surface area contributed by atoms with Crippen LogP contribution in [0.3, 0.4) is 0 Å². The van der Waals surface area contributed by atoms with Gasteiger partial charge in [0.05, 0.1) is 0 Å². The van der Waals surface area contributed by atoms with Crippen molar-refractivity contribution in [2.24, 2.45) is 0 Å². The number of amides is 2. The summed E-state index contributed by atoms with van der Waals surface area (Å²) in [7, 11) is 0. The van der Waals surface area contributed by atoms with Gasteiger partial charge in [0.2, 0.25) is 10.9 Å². The van der Waals surface area contributed by atoms with Crippen molar-refractivity contribution in [3.63, 3.8) is 0 Å². The summed E-state index contributed by atoms with van der Waals surface area (Å²) < 4.78 is 18.3. The fourth-order valence-corrected chi connectivity index (χ4v) is 3.90. The third-order valence-corrected chi connectivity index (χ3v) is 5.78. The van der Waals surface area contributed by atoms with Crippen LogP contribution in [0.4, 0.5) is 10.1 Å². The van der Waals surface area contributed by atoms with E-state index in [0.29, 0.717) is 23.3 Å². The molecule has 8 nitrogen and oxygen atoms in total. The number of carbonyl (C=O) groups excluding carboxylic acids is 2. The number of carbonyl (C=O) groups is 2. The molecular weight excluding hydrogens is 409 g/mol. The lowest BCUT2D eigenvalue weighted by Gasteiger charge is -2.33. The molecule has 2 amide bonds. The molecular formula is C20H26FN5O3S. The summed E-state index contributed by atoms with van der Waals surface area (Å²) in [6.45, 7) is 4.77. The standard InChI is InChI=1S/C20H26FN5O3S/c1-14-4-2-3-10-26(14)11-9-22-17(27)12-29-13-18-24-25-20(30-18)19(28)23-16-7-5-15(21)6-8-16/h5-8,14H,2-4,9-13H2,1H3,(H,22,27)(H,23,28)/t14-/m0/s1. The quantitative estimate of drug-likeness (QED) is 0.628. The molecule has 0 aliphatic carbocycles. The Bertz CT molecular complexity index is 845. The summed E-state index contributed by atoms with van der Waals surface area (Å²) in [6, 6.07) is 6.00. The zero-order chi connectivity index (χ0) is 21.3. The normalized spacial score (nSPS) is 16.9. The van der Waals surface area contributed by atoms with Crippen LogP contribution in [-0.4, -0.2) is 59.2 Å². The van der Waals surface area contributed by atoms with E-state index in [0.717, 1.165) is 24.4 Å². The Balaban J connectivity index is 1.34. The second-order valence-corrected chi connectivity index (χ2v) is 8.25. The zero-order valence-corrected chi connectivity index (χ0v) is 17.7. The molecule has 2 N–H and O–H groups in total. The number of hydrogen-bond acceptors (Lipinski definition) is 7. The molecule has 0 bridgehead atoms. The van der Waals surface area contributed by atoms with Crippen molar-refractivity contribution in [3.8, 4) is 0 Å². The molecule has 0 spiro atoms. The van der Waals surface area contributed by atoms with Crippen LogP contribution in [0.2, 0.25) is 0 Å². The number of anilines is 1. The molecule has 1 fully saturated rings. The molecule has 3 rings (SSSR count). The van der Waals surface area contributed by atoms with Gasteiger partial charge < -0.3 is 15.4 Å². The van der Waals surface area contributed by atoms with Gasteiger partial charge >= 0.3 is 0 Å². The Morgan fingerprint density at radius 3 is 2.83 bits per heavy atom. The molecule has 2 heterocycles. The highest BCUT2D eigenvalue weighted by molar-refractivity contribution is 7.13. The smallest absolute Gasteiger partial charge is 0.286 e. The SMILES string of the molecule is C[C@H]1CCCCN1CCNC(=O)COCc1nnc(C(=O)Nc2ccc(F)cc2)s1. The second-order valence-electron chi connectivity index (χ2n) is 7.19. The van der Waals surface area contributed by atoms with Crippen molar-refractivity contribution in [3.05, 3.63) is 40.1 Å². The molecule has 0 unspecified atom stereocenters. The summed E-state index contributed by atoms with van der Waals surface area (Å²) in [4.78, 5) is 26.5. The fourth-order valence-electron chi connectivity index (χ4n) is 3.23. The van der Waals surface area contributed by atoms with Gasteiger partial charge in [-0.2, -0.15) is 0 Å². The van der Waals surface area contributed by atoms with Crippen molar-refractivity contribution in [2.75, 3.05) is 31.6 Å². The monoisotopic (exact) mass is 435 g/mol. The molecule has 0 radical (unpaired) electrons. The van der Waals surface area contributed by atoms with E-state index < -0.39 is 5.91 Å². The number of nitrogens with one attached hydrogen (secondary N) is 2. The highest BCUT2D eigenvalue weighted by Crippen LogP contribution is 2.16. The predicted octanol–water partition coefficient (Wildman–Crippen LogP) is 2.44. The lowest BCUT2D eigenvalue weighted by molar-refractivity contribution is -0.126. The van der Waals surface area contributed by atoms with Crippen LogP contribution >= 0.6 is 11.3 Å². The van der Waals surface area contributed by atoms with Gasteiger partial charge in [0.15, 0.2) is 0 Å². The van der Waals surface area contributed by atoms with E-state index in [1.54, 1.807) is 0 Å². The van der Waals surface area contributed by atoms with Crippen molar-refractivity contribution in [1.82, 2.24) is 20.4 Å². The number of nitrogens with zero attached hydrogens (tertiary/aromatic N) is 3. The number of benzene rings is 1. The Morgan fingerprint density at radius 2 is 2.07 bits per heavy atom. The van der Waals surface area contributed by atoms with E-state index in [4.69, 9.17) is 4.74 Å². The van der Waals surface area contributed by atoms with E-state index in [2.05, 4.69) is 32.7 Å². The zero-order valence-electron chi connectivity index (χ0n) is 16.9. The van der Waals surface area contributed by atoms with Gasteiger partial charge in [-0.25, -0.2) is 4.39 Å². The maximum atomic E-state index is 12.9. The third kappa shape index (κ3) is 6.82. The molecule has 0 saturated carbocycles. The topological polar surface area (TPSA) is 96.5 Å². The minimum Gasteiger partial charge on any atom is -0.364 e. The number of rotatable bonds is 9. The first-order chi connectivity index (χ1) is 14.5. The lowest BCUT2D eigenvalue weighted by atomic mass is 10.0. The van der Waals surface area contributed by atoms with Gasteiger partial charge in [0.25, 0.3) is 5.91 Å². The Hall–Kier alpha value is -2.43. The van der Waals surface area contributed by atoms with Gasteiger partial charge in [-0.1, -0.05) is 17.8 Å². The molecule has 2 aromatic rings. The summed E-state index contributed by atoms with van der Waals surface area (Å²) in [5.74, 6) is -0.998. The number of likely N-dealkylation sites (tertiary alicyclic amines) is 1. The van der Waals surface area contributed by atoms with E-state index >= 15 is 0 Å². The predicted molar refractivity (Wildman–Crippen MR) is 112 cm³/mol. The van der Waals surface area contributed by atoms with Crippen LogP contribution in [0.15, 0.2) is 24.3 Å². The highest BCUT2D eigenvalue weighted by atomic mass is 32.1. The first-order valence-electron chi connectivity index (χ1n) is 9.99. The Morgan fingerprint density at radius 1 is 1.27 bits per heavy atom. The number of aromatic nitrogens is 2. The van der Waals surface area contributed by atoms with Gasteiger partial charge in [0, 0.05) is 24.8 Å². The summed E-state index contributed by atoms with van der Waals surface area (Å²) in [6.07, 6.45) is 3.70. The molecule has 1 aliphatic rings. The molecule has 1 aromatic heterocycles. The van der Waals surface area contributed by atoms with Crippen LogP contribution in [0.25, 0.3) is 0 Å². The fraction of sp³-hybridized carbons (Fsp3) is 0.500. The van der Waals surface area contributed by atoms with Gasteiger partial charge in [-0.15, -0.1) is 10.2 Å². The minimum atomic E-state index is -0.435. The van der Waals surface area contributed by atoms with E-state index in [1.807, 2.05) is 0 Å². The Labute approximate surface area is 178 Å². The maximum absolute atomic E-state index is 12.9. The van der Waals surface area contributed by atoms with Gasteiger partial charge in [-0.05, 0) is 50.6 Å². The minimum absolute atomic E-state index is 0.0771. The number of ether oxygens (including phenoxy) is 1. The molecule has 1 aromatic carbocycles.